The molecule has 0 radical (unpaired) electrons. The predicted molar refractivity (Wildman–Crippen MR) is 85.7 cm³/mol. The first-order valence-corrected chi connectivity index (χ1v) is 8.00. The summed E-state index contributed by atoms with van der Waals surface area (Å²) in [6.45, 7) is 13.7. The minimum Gasteiger partial charge on any atom is -0.381 e. The van der Waals surface area contributed by atoms with Crippen molar-refractivity contribution >= 4 is 0 Å². The molecule has 0 fully saturated rings. The first kappa shape index (κ1) is 19.8. The van der Waals surface area contributed by atoms with Crippen LogP contribution in [0.5, 0.6) is 0 Å². The van der Waals surface area contributed by atoms with Gasteiger partial charge in [-0.3, -0.25) is 0 Å². The molecule has 0 amide bonds. The van der Waals surface area contributed by atoms with Crippen LogP contribution in [0.25, 0.3) is 0 Å². The zero-order chi connectivity index (χ0) is 15.5. The highest BCUT2D eigenvalue weighted by Gasteiger charge is 2.11. The fourth-order valence-electron chi connectivity index (χ4n) is 2.28. The molecule has 0 aliphatic heterocycles. The van der Waals surface area contributed by atoms with Gasteiger partial charge in [0, 0.05) is 18.6 Å². The second-order valence-electron chi connectivity index (χ2n) is 6.68. The van der Waals surface area contributed by atoms with Gasteiger partial charge in [-0.2, -0.15) is 0 Å². The summed E-state index contributed by atoms with van der Waals surface area (Å²) < 4.78 is 11.6. The van der Waals surface area contributed by atoms with Crippen LogP contribution in [0.15, 0.2) is 0 Å². The average Bonchev–Trinajstić information content (AvgIpc) is 2.35. The molecule has 5 atom stereocenters. The van der Waals surface area contributed by atoms with Gasteiger partial charge in [0.25, 0.3) is 0 Å². The molecule has 0 heterocycles. The van der Waals surface area contributed by atoms with E-state index in [2.05, 4.69) is 27.7 Å². The molecule has 0 bridgehead atoms. The molecular formula is C16H36N2O2. The molecule has 0 rings (SSSR count). The molecule has 0 aromatic rings. The smallest absolute Gasteiger partial charge is 0.0550 e. The van der Waals surface area contributed by atoms with Crippen LogP contribution in [0, 0.1) is 17.8 Å². The summed E-state index contributed by atoms with van der Waals surface area (Å²) in [7, 11) is 0. The van der Waals surface area contributed by atoms with Crippen LogP contribution >= 0.6 is 0 Å². The molecule has 4 heteroatoms. The Hall–Kier alpha value is -0.160. The Labute approximate surface area is 125 Å². The molecule has 0 aliphatic carbocycles. The SMILES string of the molecule is CC(N)CC(C)COCC(C)COC(C)CC(C)CN. The van der Waals surface area contributed by atoms with E-state index in [9.17, 15) is 0 Å². The number of ether oxygens (including phenoxy) is 2. The van der Waals surface area contributed by atoms with Crippen LogP contribution in [0.1, 0.15) is 47.5 Å². The summed E-state index contributed by atoms with van der Waals surface area (Å²) in [4.78, 5) is 0. The molecule has 5 unspecified atom stereocenters. The van der Waals surface area contributed by atoms with Crippen LogP contribution in [0.2, 0.25) is 0 Å². The Morgan fingerprint density at radius 3 is 1.95 bits per heavy atom. The second-order valence-corrected chi connectivity index (χ2v) is 6.68. The topological polar surface area (TPSA) is 70.5 Å². The standard InChI is InChI=1S/C16H36N2O2/c1-12(8-17)7-16(5)20-11-14(3)10-19-9-13(2)6-15(4)18/h12-16H,6-11,17-18H2,1-5H3. The molecule has 0 aliphatic rings. The van der Waals surface area contributed by atoms with Crippen molar-refractivity contribution in [3.63, 3.8) is 0 Å². The lowest BCUT2D eigenvalue weighted by Gasteiger charge is -2.20. The molecule has 0 saturated heterocycles. The Bertz CT molecular complexity index is 225. The number of hydrogen-bond donors (Lipinski definition) is 2. The lowest BCUT2D eigenvalue weighted by Crippen LogP contribution is -2.24. The van der Waals surface area contributed by atoms with Gasteiger partial charge in [0.05, 0.1) is 19.3 Å². The van der Waals surface area contributed by atoms with E-state index < -0.39 is 0 Å². The summed E-state index contributed by atoms with van der Waals surface area (Å²) in [6.07, 6.45) is 2.31. The van der Waals surface area contributed by atoms with E-state index in [4.69, 9.17) is 20.9 Å². The maximum atomic E-state index is 5.84. The van der Waals surface area contributed by atoms with Gasteiger partial charge in [-0.05, 0) is 45.1 Å². The van der Waals surface area contributed by atoms with Gasteiger partial charge in [-0.25, -0.2) is 0 Å². The van der Waals surface area contributed by atoms with Gasteiger partial charge < -0.3 is 20.9 Å². The quantitative estimate of drug-likeness (QED) is 0.578. The molecule has 0 aromatic heterocycles. The third-order valence-electron chi connectivity index (χ3n) is 3.38. The van der Waals surface area contributed by atoms with Crippen molar-refractivity contribution < 1.29 is 9.47 Å². The van der Waals surface area contributed by atoms with Crippen molar-refractivity contribution in [3.8, 4) is 0 Å². The van der Waals surface area contributed by atoms with Crippen LogP contribution in [-0.2, 0) is 9.47 Å². The van der Waals surface area contributed by atoms with Crippen molar-refractivity contribution in [3.05, 3.63) is 0 Å². The highest BCUT2D eigenvalue weighted by atomic mass is 16.5. The Balaban J connectivity index is 3.60. The fraction of sp³-hybridized carbons (Fsp3) is 1.00. The van der Waals surface area contributed by atoms with Crippen molar-refractivity contribution in [2.24, 2.45) is 29.2 Å². The summed E-state index contributed by atoms with van der Waals surface area (Å²) in [6, 6.07) is 0.250. The lowest BCUT2D eigenvalue weighted by molar-refractivity contribution is -0.00102. The summed E-state index contributed by atoms with van der Waals surface area (Å²) >= 11 is 0. The normalized spacial score (nSPS) is 19.4. The molecule has 20 heavy (non-hydrogen) atoms. The van der Waals surface area contributed by atoms with E-state index in [-0.39, 0.29) is 12.1 Å². The molecule has 122 valence electrons. The third kappa shape index (κ3) is 11.6. The van der Waals surface area contributed by atoms with E-state index in [1.165, 1.54) is 0 Å². The van der Waals surface area contributed by atoms with E-state index in [1.807, 2.05) is 6.92 Å². The van der Waals surface area contributed by atoms with Crippen LogP contribution in [-0.4, -0.2) is 38.5 Å². The zero-order valence-corrected chi connectivity index (χ0v) is 14.1. The Morgan fingerprint density at radius 1 is 0.800 bits per heavy atom. The van der Waals surface area contributed by atoms with E-state index in [0.29, 0.717) is 17.8 Å². The van der Waals surface area contributed by atoms with Gasteiger partial charge in [-0.15, -0.1) is 0 Å². The number of nitrogens with two attached hydrogens (primary N) is 2. The summed E-state index contributed by atoms with van der Waals surface area (Å²) in [5, 5.41) is 0. The van der Waals surface area contributed by atoms with Gasteiger partial charge in [0.1, 0.15) is 0 Å². The van der Waals surface area contributed by atoms with Crippen molar-refractivity contribution in [2.75, 3.05) is 26.4 Å². The fourth-order valence-corrected chi connectivity index (χ4v) is 2.28. The molecular weight excluding hydrogens is 252 g/mol. The average molecular weight is 288 g/mol. The van der Waals surface area contributed by atoms with Gasteiger partial charge in [-0.1, -0.05) is 20.8 Å². The third-order valence-corrected chi connectivity index (χ3v) is 3.38. The molecule has 4 nitrogen and oxygen atoms in total. The van der Waals surface area contributed by atoms with Crippen molar-refractivity contribution in [1.82, 2.24) is 0 Å². The van der Waals surface area contributed by atoms with Gasteiger partial charge in [0.15, 0.2) is 0 Å². The second kappa shape index (κ2) is 11.5. The minimum atomic E-state index is 0.250. The van der Waals surface area contributed by atoms with Gasteiger partial charge in [0.2, 0.25) is 0 Å². The van der Waals surface area contributed by atoms with Crippen molar-refractivity contribution in [2.45, 2.75) is 59.6 Å². The highest BCUT2D eigenvalue weighted by Crippen LogP contribution is 2.10. The van der Waals surface area contributed by atoms with Crippen LogP contribution in [0.4, 0.5) is 0 Å². The lowest BCUT2D eigenvalue weighted by atomic mass is 10.0. The number of rotatable bonds is 12. The number of hydrogen-bond acceptors (Lipinski definition) is 4. The molecule has 0 saturated carbocycles. The van der Waals surface area contributed by atoms with Gasteiger partial charge >= 0.3 is 0 Å². The zero-order valence-electron chi connectivity index (χ0n) is 14.1. The summed E-state index contributed by atoms with van der Waals surface area (Å²) in [5.41, 5.74) is 11.4. The Kier molecular flexibility index (Phi) is 11.4. The summed E-state index contributed by atoms with van der Waals surface area (Å²) in [5.74, 6) is 1.47. The maximum absolute atomic E-state index is 5.84. The first-order chi connectivity index (χ1) is 9.35. The minimum absolute atomic E-state index is 0.250. The van der Waals surface area contributed by atoms with E-state index in [1.54, 1.807) is 0 Å². The molecule has 0 spiro atoms. The highest BCUT2D eigenvalue weighted by molar-refractivity contribution is 4.62. The first-order valence-electron chi connectivity index (χ1n) is 8.00. The van der Waals surface area contributed by atoms with E-state index in [0.717, 1.165) is 39.2 Å². The molecule has 0 aromatic carbocycles. The van der Waals surface area contributed by atoms with Crippen LogP contribution in [0.3, 0.4) is 0 Å². The monoisotopic (exact) mass is 288 g/mol. The maximum Gasteiger partial charge on any atom is 0.0550 e. The largest absolute Gasteiger partial charge is 0.381 e. The predicted octanol–water partition coefficient (Wildman–Crippen LogP) is 2.40. The van der Waals surface area contributed by atoms with E-state index >= 15 is 0 Å². The van der Waals surface area contributed by atoms with Crippen LogP contribution < -0.4 is 11.5 Å². The molecule has 4 N–H and O–H groups in total. The van der Waals surface area contributed by atoms with Crippen molar-refractivity contribution in [1.29, 1.82) is 0 Å². The Morgan fingerprint density at radius 2 is 1.40 bits per heavy atom.